The van der Waals surface area contributed by atoms with Crippen LogP contribution in [0.25, 0.3) is 21.7 Å². The number of hydrogen-bond acceptors (Lipinski definition) is 16. The van der Waals surface area contributed by atoms with Crippen molar-refractivity contribution in [3.8, 4) is 27.4 Å². The molecule has 0 radical (unpaired) electrons. The number of halogens is 3. The lowest BCUT2D eigenvalue weighted by molar-refractivity contribution is -0.274. The maximum atomic E-state index is 14.1. The number of ether oxygens (including phenoxy) is 1. The lowest BCUT2D eigenvalue weighted by Crippen LogP contribution is -2.57. The van der Waals surface area contributed by atoms with Crippen molar-refractivity contribution in [2.24, 2.45) is 10.6 Å². The number of alkyl halides is 3. The van der Waals surface area contributed by atoms with Gasteiger partial charge in [-0.15, -0.1) is 29.6 Å². The fourth-order valence-corrected chi connectivity index (χ4v) is 10.5. The number of β-amino-alcohol motifs (C(OH)–C–C–N with tert-alkyl or cyclic N) is 1. The molecular weight excluding hydrogens is 1120 g/mol. The fraction of sp³-hybridized carbons (Fsp3) is 0.339. The Balaban J connectivity index is 0.796. The number of thiazole rings is 1. The highest BCUT2D eigenvalue weighted by molar-refractivity contribution is 7.89. The summed E-state index contributed by atoms with van der Waals surface area (Å²) in [5.74, 6) is -1.10. The van der Waals surface area contributed by atoms with Gasteiger partial charge in [0.2, 0.25) is 33.7 Å². The number of aliphatic hydroxyl groups is 1. The van der Waals surface area contributed by atoms with Crippen LogP contribution in [0.4, 0.5) is 52.5 Å². The SMILES string of the molecule is Cc1ncsc1-c1ccc(CNC(=O)[C@@H]2C[C@@H](O)CN2C(=O)[C@@H](NC(=O)CCCCCCn2cc(-c3cc(NC(=O)Nc4ccc(N(C)c5ccnc(Nc6cccc(S(N)(=O)=O)c6)n5)cc4)ccc3OC(F)(F)F)nn2)C(C)(C)C)cc1. The highest BCUT2D eigenvalue weighted by Crippen LogP contribution is 2.36. The van der Waals surface area contributed by atoms with E-state index < -0.39 is 63.6 Å². The number of nitrogens with zero attached hydrogens (tertiary/aromatic N) is 8. The molecule has 0 aliphatic carbocycles. The van der Waals surface area contributed by atoms with E-state index in [-0.39, 0.29) is 59.6 Å². The smallest absolute Gasteiger partial charge is 0.405 e. The van der Waals surface area contributed by atoms with Crippen molar-refractivity contribution in [1.82, 2.24) is 45.5 Å². The lowest BCUT2D eigenvalue weighted by Gasteiger charge is -2.35. The van der Waals surface area contributed by atoms with E-state index in [1.807, 2.05) is 52.0 Å². The van der Waals surface area contributed by atoms with Gasteiger partial charge in [-0.25, -0.2) is 28.3 Å². The minimum atomic E-state index is -5.04. The topological polar surface area (TPSA) is 294 Å². The van der Waals surface area contributed by atoms with Crippen molar-refractivity contribution >= 4 is 79.6 Å². The molecular formula is C56H63F3N14O8S2. The number of sulfonamides is 1. The van der Waals surface area contributed by atoms with E-state index in [4.69, 9.17) is 5.14 Å². The minimum absolute atomic E-state index is 0.0510. The number of benzene rings is 4. The predicted molar refractivity (Wildman–Crippen MR) is 307 cm³/mol. The maximum Gasteiger partial charge on any atom is 0.573 e. The number of anilines is 6. The summed E-state index contributed by atoms with van der Waals surface area (Å²) >= 11 is 1.55. The summed E-state index contributed by atoms with van der Waals surface area (Å²) in [4.78, 5) is 71.2. The number of amides is 5. The second-order valence-corrected chi connectivity index (χ2v) is 23.3. The molecule has 7 aromatic rings. The van der Waals surface area contributed by atoms with E-state index in [0.717, 1.165) is 27.8 Å². The van der Waals surface area contributed by atoms with Crippen LogP contribution in [0.3, 0.4) is 0 Å². The van der Waals surface area contributed by atoms with Crippen LogP contribution in [0.5, 0.6) is 5.75 Å². The largest absolute Gasteiger partial charge is 0.573 e. The van der Waals surface area contributed by atoms with Gasteiger partial charge in [0.15, 0.2) is 0 Å². The van der Waals surface area contributed by atoms with Gasteiger partial charge in [0, 0.05) is 74.0 Å². The fourth-order valence-electron chi connectivity index (χ4n) is 9.15. The minimum Gasteiger partial charge on any atom is -0.405 e. The van der Waals surface area contributed by atoms with Crippen molar-refractivity contribution in [3.05, 3.63) is 126 Å². The average Bonchev–Trinajstić information content (AvgIpc) is 4.24. The molecule has 22 nitrogen and oxygen atoms in total. The summed E-state index contributed by atoms with van der Waals surface area (Å²) < 4.78 is 70.1. The molecule has 3 atom stereocenters. The van der Waals surface area contributed by atoms with Crippen molar-refractivity contribution in [2.75, 3.05) is 34.4 Å². The van der Waals surface area contributed by atoms with E-state index in [2.05, 4.69) is 56.6 Å². The van der Waals surface area contributed by atoms with Gasteiger partial charge in [0.25, 0.3) is 0 Å². The van der Waals surface area contributed by atoms with Gasteiger partial charge in [-0.05, 0) is 103 Å². The number of nitrogens with one attached hydrogen (secondary N) is 5. The number of urea groups is 1. The van der Waals surface area contributed by atoms with Gasteiger partial charge in [0.1, 0.15) is 29.3 Å². The molecule has 438 valence electrons. The number of carbonyl (C=O) groups is 4. The number of unbranched alkanes of at least 4 members (excludes halogenated alkanes) is 3. The van der Waals surface area contributed by atoms with Gasteiger partial charge >= 0.3 is 12.4 Å². The number of aryl methyl sites for hydroxylation is 2. The van der Waals surface area contributed by atoms with Gasteiger partial charge in [-0.3, -0.25) is 19.1 Å². The van der Waals surface area contributed by atoms with Crippen LogP contribution in [0, 0.1) is 12.3 Å². The van der Waals surface area contributed by atoms with Gasteiger partial charge in [-0.2, -0.15) is 4.98 Å². The molecule has 8 rings (SSSR count). The highest BCUT2D eigenvalue weighted by Gasteiger charge is 2.44. The molecule has 0 bridgehead atoms. The third kappa shape index (κ3) is 16.6. The molecule has 1 fully saturated rings. The second kappa shape index (κ2) is 26.2. The highest BCUT2D eigenvalue weighted by atomic mass is 32.2. The molecule has 1 aliphatic rings. The Labute approximate surface area is 481 Å². The van der Waals surface area contributed by atoms with E-state index >= 15 is 0 Å². The normalized spacial score (nSPS) is 14.8. The first-order valence-corrected chi connectivity index (χ1v) is 28.8. The Morgan fingerprint density at radius 1 is 0.904 bits per heavy atom. The van der Waals surface area contributed by atoms with Crippen molar-refractivity contribution < 1.29 is 50.6 Å². The Bertz CT molecular complexity index is 3540. The third-order valence-corrected chi connectivity index (χ3v) is 15.3. The maximum absolute atomic E-state index is 14.1. The van der Waals surface area contributed by atoms with Crippen molar-refractivity contribution in [3.63, 3.8) is 0 Å². The zero-order valence-electron chi connectivity index (χ0n) is 46.0. The monoisotopic (exact) mass is 1180 g/mol. The standard InChI is InChI=1S/C56H63F3N14O8S2/c1-34-49(82-33-63-34)36-16-14-35(15-17-36)30-62-51(76)45-29-41(74)31-73(45)52(77)50(55(2,3)4)68-48(75)13-8-6-7-9-26-72-32-44(69-70-72)43-28-39(20-23-46(43)81-56(57,58)59)66-54(78)65-37-18-21-40(22-19-37)71(5)47-24-25-61-53(67-47)64-38-11-10-12-42(27-38)83(60,79)80/h10-12,14-25,27-28,32-33,41,45,50,74H,6-9,13,26,29-31H2,1-5H3,(H,62,76)(H,68,75)(H2,60,79,80)(H,61,64,67)(H2,65,66,78)/t41-,45+,50-/m1/s1. The summed E-state index contributed by atoms with van der Waals surface area (Å²) in [6, 6.07) is 23.0. The zero-order valence-corrected chi connectivity index (χ0v) is 47.6. The van der Waals surface area contributed by atoms with E-state index in [1.54, 1.807) is 65.2 Å². The molecule has 0 unspecified atom stereocenters. The van der Waals surface area contributed by atoms with Crippen molar-refractivity contribution in [1.29, 1.82) is 0 Å². The van der Waals surface area contributed by atoms with Crippen molar-refractivity contribution in [2.45, 2.75) is 109 Å². The first-order chi connectivity index (χ1) is 39.4. The van der Waals surface area contributed by atoms with E-state index in [1.165, 1.54) is 52.3 Å². The van der Waals surface area contributed by atoms with E-state index in [9.17, 15) is 45.9 Å². The summed E-state index contributed by atoms with van der Waals surface area (Å²) in [5.41, 5.74) is 5.44. The lowest BCUT2D eigenvalue weighted by atomic mass is 9.85. The Kier molecular flexibility index (Phi) is 19.1. The van der Waals surface area contributed by atoms with Gasteiger partial charge < -0.3 is 46.2 Å². The zero-order chi connectivity index (χ0) is 59.6. The predicted octanol–water partition coefficient (Wildman–Crippen LogP) is 8.63. The van der Waals surface area contributed by atoms with Crippen LogP contribution in [0.2, 0.25) is 0 Å². The van der Waals surface area contributed by atoms with Crippen LogP contribution in [0.15, 0.2) is 120 Å². The molecule has 83 heavy (non-hydrogen) atoms. The molecule has 4 aromatic carbocycles. The first-order valence-electron chi connectivity index (χ1n) is 26.4. The summed E-state index contributed by atoms with van der Waals surface area (Å²) in [5, 5.41) is 38.2. The first kappa shape index (κ1) is 60.6. The Morgan fingerprint density at radius 2 is 1.63 bits per heavy atom. The molecule has 5 amide bonds. The Morgan fingerprint density at radius 3 is 2.33 bits per heavy atom. The quantitative estimate of drug-likeness (QED) is 0.0313. The van der Waals surface area contributed by atoms with Crippen LogP contribution in [-0.4, -0.2) is 110 Å². The number of rotatable bonds is 22. The van der Waals surface area contributed by atoms with Crippen LogP contribution >= 0.6 is 11.3 Å². The molecule has 27 heteroatoms. The molecule has 3 aromatic heterocycles. The molecule has 1 aliphatic heterocycles. The van der Waals surface area contributed by atoms with Gasteiger partial charge in [0.05, 0.1) is 33.3 Å². The summed E-state index contributed by atoms with van der Waals surface area (Å²) in [6.07, 6.45) is -0.431. The number of primary sulfonamides is 1. The molecule has 0 spiro atoms. The number of nitrogens with two attached hydrogens (primary N) is 1. The number of aromatic nitrogens is 6. The van der Waals surface area contributed by atoms with Crippen LogP contribution in [0.1, 0.15) is 70.6 Å². The third-order valence-electron chi connectivity index (χ3n) is 13.4. The van der Waals surface area contributed by atoms with Gasteiger partial charge in [-0.1, -0.05) is 69.2 Å². The number of aliphatic hydroxyl groups excluding tert-OH is 1. The Hall–Kier alpha value is -8.53. The number of likely N-dealkylation sites (tertiary alicyclic amines) is 1. The average molecular weight is 1180 g/mol. The molecule has 0 saturated carbocycles. The van der Waals surface area contributed by atoms with Crippen LogP contribution < -0.4 is 41.4 Å². The van der Waals surface area contributed by atoms with E-state index in [0.29, 0.717) is 55.1 Å². The summed E-state index contributed by atoms with van der Waals surface area (Å²) in [6.45, 7) is 7.91. The molecule has 1 saturated heterocycles. The number of carbonyl (C=O) groups excluding carboxylic acids is 4. The summed E-state index contributed by atoms with van der Waals surface area (Å²) in [7, 11) is -2.17. The van der Waals surface area contributed by atoms with Crippen LogP contribution in [-0.2, 0) is 37.5 Å². The molecule has 4 heterocycles. The molecule has 8 N–H and O–H groups in total. The second-order valence-electron chi connectivity index (χ2n) is 20.9. The number of hydrogen-bond donors (Lipinski definition) is 7.